The summed E-state index contributed by atoms with van der Waals surface area (Å²) in [4.78, 5) is 12.2. The molecule has 1 heterocycles. The highest BCUT2D eigenvalue weighted by molar-refractivity contribution is 7.86. The Morgan fingerprint density at radius 3 is 2.86 bits per heavy atom. The first-order valence-electron chi connectivity index (χ1n) is 6.62. The fourth-order valence-electron chi connectivity index (χ4n) is 2.36. The van der Waals surface area contributed by atoms with Crippen molar-refractivity contribution < 1.29 is 17.6 Å². The minimum Gasteiger partial charge on any atom is -0.323 e. The van der Waals surface area contributed by atoms with Gasteiger partial charge in [-0.15, -0.1) is 0 Å². The van der Waals surface area contributed by atoms with Gasteiger partial charge in [-0.05, 0) is 37.5 Å². The molecule has 116 valence electrons. The van der Waals surface area contributed by atoms with Crippen LogP contribution in [0.15, 0.2) is 18.2 Å². The Morgan fingerprint density at radius 2 is 2.19 bits per heavy atom. The van der Waals surface area contributed by atoms with Gasteiger partial charge in [-0.2, -0.15) is 12.7 Å². The Bertz CT molecular complexity index is 648. The summed E-state index contributed by atoms with van der Waals surface area (Å²) in [5, 5.41) is 7.59. The molecule has 1 saturated heterocycles. The van der Waals surface area contributed by atoms with Gasteiger partial charge >= 0.3 is 0 Å². The second-order valence-corrected chi connectivity index (χ2v) is 6.76. The van der Waals surface area contributed by atoms with E-state index in [0.717, 1.165) is 9.87 Å². The van der Waals surface area contributed by atoms with Gasteiger partial charge in [0.05, 0.1) is 11.6 Å². The molecule has 1 aliphatic heterocycles. The van der Waals surface area contributed by atoms with Crippen molar-refractivity contribution in [3.8, 4) is 0 Å². The lowest BCUT2D eigenvalue weighted by Gasteiger charge is -2.29. The van der Waals surface area contributed by atoms with Crippen LogP contribution in [0.2, 0.25) is 0 Å². The van der Waals surface area contributed by atoms with Gasteiger partial charge in [0.1, 0.15) is 5.82 Å². The number of nitrogens with one attached hydrogen (secondary N) is 1. The first kappa shape index (κ1) is 15.9. The number of nitrogens with two attached hydrogens (primary N) is 1. The molecule has 8 heteroatoms. The summed E-state index contributed by atoms with van der Waals surface area (Å²) in [6.45, 7) is 2.12. The molecule has 0 saturated carbocycles. The third kappa shape index (κ3) is 3.99. The SMILES string of the molecule is Cc1ccc(F)c(NC(=O)C2CCCN(S(N)(=O)=O)C2)c1. The number of hydrogen-bond acceptors (Lipinski definition) is 3. The van der Waals surface area contributed by atoms with Gasteiger partial charge in [0.25, 0.3) is 10.2 Å². The molecule has 0 radical (unpaired) electrons. The average Bonchev–Trinajstić information content (AvgIpc) is 2.42. The van der Waals surface area contributed by atoms with E-state index in [1.807, 2.05) is 0 Å². The summed E-state index contributed by atoms with van der Waals surface area (Å²) in [5.74, 6) is -1.45. The van der Waals surface area contributed by atoms with E-state index < -0.39 is 27.9 Å². The van der Waals surface area contributed by atoms with E-state index in [9.17, 15) is 17.6 Å². The van der Waals surface area contributed by atoms with Crippen LogP contribution in [0.25, 0.3) is 0 Å². The van der Waals surface area contributed by atoms with E-state index in [1.54, 1.807) is 13.0 Å². The molecule has 1 aromatic rings. The highest BCUT2D eigenvalue weighted by Crippen LogP contribution is 2.21. The van der Waals surface area contributed by atoms with Crippen LogP contribution in [-0.2, 0) is 15.0 Å². The number of anilines is 1. The van der Waals surface area contributed by atoms with Crippen LogP contribution in [0, 0.1) is 18.7 Å². The van der Waals surface area contributed by atoms with Gasteiger partial charge in [-0.3, -0.25) is 4.79 Å². The molecule has 1 aliphatic rings. The third-order valence-electron chi connectivity index (χ3n) is 3.49. The standard InChI is InChI=1S/C13H18FN3O3S/c1-9-4-5-11(14)12(7-9)16-13(18)10-3-2-6-17(8-10)21(15,19)20/h4-5,7,10H,2-3,6,8H2,1H3,(H,16,18)(H2,15,19,20). The van der Waals surface area contributed by atoms with Crippen LogP contribution in [0.4, 0.5) is 10.1 Å². The fraction of sp³-hybridized carbons (Fsp3) is 0.462. The molecule has 0 aliphatic carbocycles. The number of carbonyl (C=O) groups excluding carboxylic acids is 1. The van der Waals surface area contributed by atoms with Gasteiger partial charge < -0.3 is 5.32 Å². The fourth-order valence-corrected chi connectivity index (χ4v) is 3.13. The molecule has 1 unspecified atom stereocenters. The van der Waals surface area contributed by atoms with E-state index in [-0.39, 0.29) is 12.2 Å². The van der Waals surface area contributed by atoms with Crippen molar-refractivity contribution in [2.75, 3.05) is 18.4 Å². The first-order chi connectivity index (χ1) is 9.77. The Hall–Kier alpha value is -1.51. The lowest BCUT2D eigenvalue weighted by atomic mass is 9.98. The maximum absolute atomic E-state index is 13.6. The number of amides is 1. The summed E-state index contributed by atoms with van der Waals surface area (Å²) in [7, 11) is -3.80. The number of hydrogen-bond donors (Lipinski definition) is 2. The van der Waals surface area contributed by atoms with E-state index in [4.69, 9.17) is 5.14 Å². The quantitative estimate of drug-likeness (QED) is 0.871. The molecule has 2 rings (SSSR count). The van der Waals surface area contributed by atoms with Crippen molar-refractivity contribution in [1.29, 1.82) is 0 Å². The maximum atomic E-state index is 13.6. The third-order valence-corrected chi connectivity index (χ3v) is 4.55. The predicted molar refractivity (Wildman–Crippen MR) is 77.2 cm³/mol. The summed E-state index contributed by atoms with van der Waals surface area (Å²) in [6, 6.07) is 4.42. The first-order valence-corrected chi connectivity index (χ1v) is 8.12. The van der Waals surface area contributed by atoms with E-state index >= 15 is 0 Å². The number of piperidine rings is 1. The molecule has 0 spiro atoms. The largest absolute Gasteiger partial charge is 0.323 e. The van der Waals surface area contributed by atoms with Gasteiger partial charge in [-0.1, -0.05) is 6.07 Å². The molecule has 1 aromatic carbocycles. The monoisotopic (exact) mass is 315 g/mol. The van der Waals surface area contributed by atoms with Crippen LogP contribution < -0.4 is 10.5 Å². The summed E-state index contributed by atoms with van der Waals surface area (Å²) in [5.41, 5.74) is 0.925. The molecule has 1 fully saturated rings. The lowest BCUT2D eigenvalue weighted by molar-refractivity contribution is -0.120. The number of halogens is 1. The molecule has 1 atom stereocenters. The zero-order valence-electron chi connectivity index (χ0n) is 11.7. The molecule has 1 amide bonds. The molecule has 6 nitrogen and oxygen atoms in total. The zero-order valence-corrected chi connectivity index (χ0v) is 12.5. The Morgan fingerprint density at radius 1 is 1.48 bits per heavy atom. The molecule has 3 N–H and O–H groups in total. The van der Waals surface area contributed by atoms with Crippen LogP contribution >= 0.6 is 0 Å². The number of benzene rings is 1. The molecule has 0 bridgehead atoms. The minimum atomic E-state index is -3.80. The molecule has 21 heavy (non-hydrogen) atoms. The smallest absolute Gasteiger partial charge is 0.276 e. The second-order valence-electron chi connectivity index (χ2n) is 5.21. The van der Waals surface area contributed by atoms with Crippen LogP contribution in [-0.4, -0.2) is 31.7 Å². The second kappa shape index (κ2) is 6.08. The zero-order chi connectivity index (χ0) is 15.6. The van der Waals surface area contributed by atoms with Crippen LogP contribution in [0.3, 0.4) is 0 Å². The highest BCUT2D eigenvalue weighted by Gasteiger charge is 2.30. The van der Waals surface area contributed by atoms with Crippen molar-refractivity contribution in [2.45, 2.75) is 19.8 Å². The number of aryl methyl sites for hydroxylation is 1. The summed E-state index contributed by atoms with van der Waals surface area (Å²) >= 11 is 0. The molecular formula is C13H18FN3O3S. The number of rotatable bonds is 3. The van der Waals surface area contributed by atoms with Crippen molar-refractivity contribution in [2.24, 2.45) is 11.1 Å². The number of carbonyl (C=O) groups is 1. The van der Waals surface area contributed by atoms with E-state index in [0.29, 0.717) is 19.4 Å². The van der Waals surface area contributed by atoms with Crippen molar-refractivity contribution in [3.63, 3.8) is 0 Å². The Labute approximate surface area is 123 Å². The number of nitrogens with zero attached hydrogens (tertiary/aromatic N) is 1. The molecular weight excluding hydrogens is 297 g/mol. The highest BCUT2D eigenvalue weighted by atomic mass is 32.2. The van der Waals surface area contributed by atoms with E-state index in [1.165, 1.54) is 12.1 Å². The van der Waals surface area contributed by atoms with Crippen molar-refractivity contribution >= 4 is 21.8 Å². The lowest BCUT2D eigenvalue weighted by Crippen LogP contribution is -2.46. The van der Waals surface area contributed by atoms with Gasteiger partial charge in [0.15, 0.2) is 0 Å². The minimum absolute atomic E-state index is 0.0259. The van der Waals surface area contributed by atoms with Gasteiger partial charge in [-0.25, -0.2) is 9.53 Å². The summed E-state index contributed by atoms with van der Waals surface area (Å²) in [6.07, 6.45) is 1.09. The maximum Gasteiger partial charge on any atom is 0.276 e. The normalized spacial score (nSPS) is 20.2. The van der Waals surface area contributed by atoms with Gasteiger partial charge in [0.2, 0.25) is 5.91 Å². The van der Waals surface area contributed by atoms with Crippen LogP contribution in [0.1, 0.15) is 18.4 Å². The summed E-state index contributed by atoms with van der Waals surface area (Å²) < 4.78 is 37.3. The topological polar surface area (TPSA) is 92.5 Å². The van der Waals surface area contributed by atoms with Crippen molar-refractivity contribution in [3.05, 3.63) is 29.6 Å². The van der Waals surface area contributed by atoms with Crippen molar-refractivity contribution in [1.82, 2.24) is 4.31 Å². The predicted octanol–water partition coefficient (Wildman–Crippen LogP) is 0.988. The van der Waals surface area contributed by atoms with E-state index in [2.05, 4.69) is 5.32 Å². The Kier molecular flexibility index (Phi) is 4.60. The Balaban J connectivity index is 2.08. The average molecular weight is 315 g/mol. The molecule has 0 aromatic heterocycles. The van der Waals surface area contributed by atoms with Gasteiger partial charge in [0, 0.05) is 13.1 Å². The van der Waals surface area contributed by atoms with Crippen LogP contribution in [0.5, 0.6) is 0 Å².